The van der Waals surface area contributed by atoms with Crippen LogP contribution in [-0.4, -0.2) is 30.4 Å². The van der Waals surface area contributed by atoms with Gasteiger partial charge in [-0.05, 0) is 49.6 Å². The first kappa shape index (κ1) is 22.8. The molecule has 3 rings (SSSR count). The fourth-order valence-electron chi connectivity index (χ4n) is 3.77. The van der Waals surface area contributed by atoms with Gasteiger partial charge in [0.15, 0.2) is 6.54 Å². The third-order valence-corrected chi connectivity index (χ3v) is 5.38. The minimum Gasteiger partial charge on any atom is -0.464 e. The lowest BCUT2D eigenvalue weighted by Crippen LogP contribution is -3.11. The molecule has 4 nitrogen and oxygen atoms in total. The van der Waals surface area contributed by atoms with Crippen molar-refractivity contribution in [2.24, 2.45) is 0 Å². The molecule has 0 fully saturated rings. The molecule has 5 heteroatoms. The van der Waals surface area contributed by atoms with Crippen LogP contribution in [0.5, 0.6) is 0 Å². The van der Waals surface area contributed by atoms with Gasteiger partial charge in [-0.1, -0.05) is 49.4 Å². The molecule has 1 heterocycles. The van der Waals surface area contributed by atoms with Crippen molar-refractivity contribution in [3.8, 4) is 0 Å². The normalized spacial score (nSPS) is 12.0. The molecule has 31 heavy (non-hydrogen) atoms. The lowest BCUT2D eigenvalue weighted by atomic mass is 10.1. The molecule has 0 aliphatic rings. The average molecular weight is 424 g/mol. The van der Waals surface area contributed by atoms with Gasteiger partial charge in [0.05, 0.1) is 13.1 Å². The van der Waals surface area contributed by atoms with E-state index in [1.54, 1.807) is 12.1 Å². The number of carbonyl (C=O) groups is 1. The van der Waals surface area contributed by atoms with E-state index in [2.05, 4.69) is 19.1 Å². The van der Waals surface area contributed by atoms with E-state index in [9.17, 15) is 9.18 Å². The zero-order chi connectivity index (χ0) is 22.1. The maximum Gasteiger partial charge on any atom is 0.278 e. The highest BCUT2D eigenvalue weighted by molar-refractivity contribution is 5.77. The molecule has 0 saturated heterocycles. The van der Waals surface area contributed by atoms with Crippen LogP contribution in [0.15, 0.2) is 71.1 Å². The van der Waals surface area contributed by atoms with Crippen LogP contribution in [0.3, 0.4) is 0 Å². The summed E-state index contributed by atoms with van der Waals surface area (Å²) in [7, 11) is 0. The Balaban J connectivity index is 1.68. The Morgan fingerprint density at radius 1 is 1.00 bits per heavy atom. The van der Waals surface area contributed by atoms with Crippen molar-refractivity contribution in [1.82, 2.24) is 4.90 Å². The minimum absolute atomic E-state index is 0.107. The second-order valence-electron chi connectivity index (χ2n) is 8.04. The Kier molecular flexibility index (Phi) is 8.42. The molecule has 2 aromatic carbocycles. The van der Waals surface area contributed by atoms with Gasteiger partial charge >= 0.3 is 0 Å². The maximum absolute atomic E-state index is 13.3. The third-order valence-electron chi connectivity index (χ3n) is 5.38. The summed E-state index contributed by atoms with van der Waals surface area (Å²) >= 11 is 0. The number of hydrogen-bond donors (Lipinski definition) is 1. The molecule has 1 aromatic heterocycles. The first-order chi connectivity index (χ1) is 15.0. The summed E-state index contributed by atoms with van der Waals surface area (Å²) in [6.07, 6.45) is 1.78. The number of rotatable bonds is 11. The molecule has 3 aromatic rings. The van der Waals surface area contributed by atoms with Crippen molar-refractivity contribution in [2.75, 3.05) is 19.6 Å². The number of nitrogens with one attached hydrogen (secondary N) is 1. The van der Waals surface area contributed by atoms with Gasteiger partial charge in [-0.15, -0.1) is 0 Å². The number of amides is 1. The largest absolute Gasteiger partial charge is 0.464 e. The van der Waals surface area contributed by atoms with Gasteiger partial charge in [0, 0.05) is 12.1 Å². The monoisotopic (exact) mass is 423 g/mol. The second kappa shape index (κ2) is 11.5. The average Bonchev–Trinajstić information content (AvgIpc) is 3.18. The zero-order valence-electron chi connectivity index (χ0n) is 18.4. The Labute approximate surface area is 184 Å². The summed E-state index contributed by atoms with van der Waals surface area (Å²) in [5.74, 6) is 1.52. The van der Waals surface area contributed by atoms with Crippen molar-refractivity contribution in [2.45, 2.75) is 39.8 Å². The topological polar surface area (TPSA) is 37.9 Å². The molecule has 1 unspecified atom stereocenters. The van der Waals surface area contributed by atoms with E-state index in [-0.39, 0.29) is 11.7 Å². The van der Waals surface area contributed by atoms with Crippen molar-refractivity contribution in [3.05, 3.63) is 95.2 Å². The van der Waals surface area contributed by atoms with E-state index < -0.39 is 0 Å². The summed E-state index contributed by atoms with van der Waals surface area (Å²) in [5, 5.41) is 0. The van der Waals surface area contributed by atoms with E-state index in [1.165, 1.54) is 22.6 Å². The summed E-state index contributed by atoms with van der Waals surface area (Å²) in [4.78, 5) is 16.4. The Morgan fingerprint density at radius 2 is 1.74 bits per heavy atom. The number of furan rings is 1. The lowest BCUT2D eigenvalue weighted by Gasteiger charge is -2.25. The van der Waals surface area contributed by atoms with Gasteiger partial charge in [0.1, 0.15) is 23.9 Å². The molecular weight excluding hydrogens is 391 g/mol. The number of halogens is 1. The van der Waals surface area contributed by atoms with Gasteiger partial charge in [-0.2, -0.15) is 0 Å². The summed E-state index contributed by atoms with van der Waals surface area (Å²) in [5.41, 5.74) is 2.25. The number of carbonyl (C=O) groups excluding carboxylic acids is 1. The summed E-state index contributed by atoms with van der Waals surface area (Å²) < 4.78 is 19.0. The molecule has 0 aliphatic heterocycles. The van der Waals surface area contributed by atoms with Crippen molar-refractivity contribution < 1.29 is 18.5 Å². The van der Waals surface area contributed by atoms with Gasteiger partial charge < -0.3 is 14.2 Å². The first-order valence-corrected chi connectivity index (χ1v) is 11.0. The van der Waals surface area contributed by atoms with Crippen LogP contribution in [0.4, 0.5) is 4.39 Å². The van der Waals surface area contributed by atoms with Gasteiger partial charge in [0.2, 0.25) is 0 Å². The van der Waals surface area contributed by atoms with Crippen LogP contribution >= 0.6 is 0 Å². The lowest BCUT2D eigenvalue weighted by molar-refractivity contribution is -0.906. The predicted octanol–water partition coefficient (Wildman–Crippen LogP) is 3.79. The second-order valence-corrected chi connectivity index (χ2v) is 8.04. The van der Waals surface area contributed by atoms with Crippen LogP contribution in [0.1, 0.15) is 36.0 Å². The summed E-state index contributed by atoms with van der Waals surface area (Å²) in [6, 6.07) is 20.6. The molecule has 0 saturated carbocycles. The maximum atomic E-state index is 13.3. The van der Waals surface area contributed by atoms with Crippen LogP contribution in [-0.2, 0) is 24.3 Å². The van der Waals surface area contributed by atoms with E-state index in [0.717, 1.165) is 36.5 Å². The molecule has 1 atom stereocenters. The summed E-state index contributed by atoms with van der Waals surface area (Å²) in [6.45, 7) is 7.12. The van der Waals surface area contributed by atoms with Crippen molar-refractivity contribution >= 4 is 5.91 Å². The molecular formula is C26H32FN2O2+. The fraction of sp³-hybridized carbons (Fsp3) is 0.346. The minimum atomic E-state index is -0.238. The molecule has 1 amide bonds. The van der Waals surface area contributed by atoms with Crippen LogP contribution < -0.4 is 4.90 Å². The smallest absolute Gasteiger partial charge is 0.278 e. The number of aryl methyl sites for hydroxylation is 1. The first-order valence-electron chi connectivity index (χ1n) is 11.0. The van der Waals surface area contributed by atoms with Crippen LogP contribution in [0, 0.1) is 12.7 Å². The highest BCUT2D eigenvalue weighted by Gasteiger charge is 2.21. The SMILES string of the molecule is CCC[NH+](CC(=O)N(CCc1ccccc1)Cc1ccc(C)o1)Cc1ccc(F)cc1. The van der Waals surface area contributed by atoms with E-state index >= 15 is 0 Å². The number of benzene rings is 2. The standard InChI is InChI=1S/C26H31FN2O2/c1-3-16-28(18-23-10-12-24(27)13-11-23)20-26(30)29(19-25-14-9-21(2)31-25)17-15-22-7-5-4-6-8-22/h4-14H,3,15-20H2,1-2H3/p+1. The molecule has 0 bridgehead atoms. The molecule has 0 aliphatic carbocycles. The van der Waals surface area contributed by atoms with Gasteiger partial charge in [-0.25, -0.2) is 4.39 Å². The van der Waals surface area contributed by atoms with Crippen molar-refractivity contribution in [1.29, 1.82) is 0 Å². The van der Waals surface area contributed by atoms with Crippen molar-refractivity contribution in [3.63, 3.8) is 0 Å². The van der Waals surface area contributed by atoms with Gasteiger partial charge in [0.25, 0.3) is 5.91 Å². The fourth-order valence-corrected chi connectivity index (χ4v) is 3.77. The molecule has 0 radical (unpaired) electrons. The van der Waals surface area contributed by atoms with E-state index in [1.807, 2.05) is 42.2 Å². The highest BCUT2D eigenvalue weighted by atomic mass is 19.1. The molecule has 1 N–H and O–H groups in total. The van der Waals surface area contributed by atoms with Crippen LogP contribution in [0.2, 0.25) is 0 Å². The Hall–Kier alpha value is -2.92. The predicted molar refractivity (Wildman–Crippen MR) is 120 cm³/mol. The van der Waals surface area contributed by atoms with Crippen LogP contribution in [0.25, 0.3) is 0 Å². The zero-order valence-corrected chi connectivity index (χ0v) is 18.4. The third kappa shape index (κ3) is 7.37. The number of quaternary nitrogens is 1. The molecule has 0 spiro atoms. The van der Waals surface area contributed by atoms with E-state index in [4.69, 9.17) is 4.42 Å². The Bertz CT molecular complexity index is 938. The van der Waals surface area contributed by atoms with E-state index in [0.29, 0.717) is 26.2 Å². The quantitative estimate of drug-likeness (QED) is 0.510. The number of nitrogens with zero attached hydrogens (tertiary/aromatic N) is 1. The molecule has 164 valence electrons. The highest BCUT2D eigenvalue weighted by Crippen LogP contribution is 2.11. The number of hydrogen-bond acceptors (Lipinski definition) is 2. The van der Waals surface area contributed by atoms with Gasteiger partial charge in [-0.3, -0.25) is 4.79 Å². The Morgan fingerprint density at radius 3 is 2.39 bits per heavy atom.